The fourth-order valence-electron chi connectivity index (χ4n) is 2.50. The van der Waals surface area contributed by atoms with E-state index in [1.54, 1.807) is 31.4 Å². The summed E-state index contributed by atoms with van der Waals surface area (Å²) < 4.78 is 5.15. The van der Waals surface area contributed by atoms with Gasteiger partial charge in [-0.3, -0.25) is 4.79 Å². The van der Waals surface area contributed by atoms with Gasteiger partial charge in [0, 0.05) is 5.69 Å². The Morgan fingerprint density at radius 1 is 1.04 bits per heavy atom. The summed E-state index contributed by atoms with van der Waals surface area (Å²) in [5, 5.41) is 14.8. The van der Waals surface area contributed by atoms with Crippen LogP contribution in [0.15, 0.2) is 54.6 Å². The van der Waals surface area contributed by atoms with E-state index in [-0.39, 0.29) is 46.8 Å². The molecule has 3 rings (SSSR count). The van der Waals surface area contributed by atoms with Gasteiger partial charge in [0.2, 0.25) is 0 Å². The van der Waals surface area contributed by atoms with E-state index < -0.39 is 0 Å². The zero-order valence-corrected chi connectivity index (χ0v) is 16.0. The molecule has 0 aliphatic carbocycles. The molecular weight excluding hydrogens is 313 g/mol. The average Bonchev–Trinajstić information content (AvgIpc) is 2.55. The van der Waals surface area contributed by atoms with Crippen molar-refractivity contribution in [3.05, 3.63) is 65.7 Å². The molecule has 2 N–H and O–H groups in total. The van der Waals surface area contributed by atoms with Gasteiger partial charge in [-0.1, -0.05) is 24.3 Å². The first-order valence-electron chi connectivity index (χ1n) is 7.26. The van der Waals surface area contributed by atoms with Gasteiger partial charge in [-0.25, -0.2) is 0 Å². The summed E-state index contributed by atoms with van der Waals surface area (Å²) in [7, 11) is 1.60. The van der Waals surface area contributed by atoms with Gasteiger partial charge in [-0.2, -0.15) is 0 Å². The van der Waals surface area contributed by atoms with Crippen LogP contribution in [0.4, 0.5) is 5.69 Å². The molecule has 0 aromatic heterocycles. The molecular formula is C19H17NNaO3+. The van der Waals surface area contributed by atoms with Crippen LogP contribution in [0.1, 0.15) is 15.9 Å². The molecule has 5 heteroatoms. The summed E-state index contributed by atoms with van der Waals surface area (Å²) in [5.74, 6) is 0.350. The first kappa shape index (κ1) is 18.3. The van der Waals surface area contributed by atoms with Crippen LogP contribution < -0.4 is 39.6 Å². The second kappa shape index (κ2) is 7.71. The zero-order chi connectivity index (χ0) is 16.4. The predicted octanol–water partition coefficient (Wildman–Crippen LogP) is 1.12. The number of hydrogen-bond acceptors (Lipinski definition) is 3. The third-order valence-electron chi connectivity index (χ3n) is 3.79. The molecule has 0 spiro atoms. The Hall–Kier alpha value is -2.01. The van der Waals surface area contributed by atoms with Crippen LogP contribution in [0.2, 0.25) is 0 Å². The molecule has 0 unspecified atom stereocenters. The van der Waals surface area contributed by atoms with E-state index in [4.69, 9.17) is 4.74 Å². The van der Waals surface area contributed by atoms with Gasteiger partial charge >= 0.3 is 29.6 Å². The minimum atomic E-state index is -0.346. The molecule has 0 aliphatic rings. The standard InChI is InChI=1S/C19H17NO3.Na/c1-12-9-15(23-2)7-8-17(12)20-19(22)16-10-13-5-3-4-6-14(13)11-18(16)21;/h3-11,21H,1-2H3,(H,20,22);/q;+1. The summed E-state index contributed by atoms with van der Waals surface area (Å²) in [6.45, 7) is 1.89. The van der Waals surface area contributed by atoms with E-state index in [9.17, 15) is 9.90 Å². The van der Waals surface area contributed by atoms with E-state index in [1.165, 1.54) is 0 Å². The number of nitrogens with one attached hydrogen (secondary N) is 1. The Bertz CT molecular complexity index is 893. The number of anilines is 1. The van der Waals surface area contributed by atoms with Crippen LogP contribution in [-0.4, -0.2) is 18.1 Å². The maximum Gasteiger partial charge on any atom is 1.00 e. The number of aromatic hydroxyl groups is 1. The SMILES string of the molecule is COc1ccc(NC(=O)c2cc3ccccc3cc2O)c(C)c1.[Na+]. The van der Waals surface area contributed by atoms with Crippen molar-refractivity contribution < 1.29 is 44.2 Å². The number of phenols is 1. The number of fused-ring (bicyclic) bond motifs is 1. The first-order valence-corrected chi connectivity index (χ1v) is 7.26. The summed E-state index contributed by atoms with van der Waals surface area (Å²) in [4.78, 5) is 12.5. The molecule has 0 bridgehead atoms. The molecule has 0 radical (unpaired) electrons. The normalized spacial score (nSPS) is 10.1. The Balaban J connectivity index is 0.00000208. The molecule has 24 heavy (non-hydrogen) atoms. The van der Waals surface area contributed by atoms with Crippen LogP contribution in [0.5, 0.6) is 11.5 Å². The quantitative estimate of drug-likeness (QED) is 0.708. The molecule has 3 aromatic carbocycles. The van der Waals surface area contributed by atoms with E-state index in [0.717, 1.165) is 22.1 Å². The van der Waals surface area contributed by atoms with Crippen molar-refractivity contribution in [1.82, 2.24) is 0 Å². The van der Waals surface area contributed by atoms with Gasteiger partial charge in [-0.05, 0) is 53.6 Å². The number of rotatable bonds is 3. The molecule has 0 atom stereocenters. The molecule has 1 amide bonds. The zero-order valence-electron chi connectivity index (χ0n) is 14.0. The number of aryl methyl sites for hydroxylation is 1. The van der Waals surface area contributed by atoms with E-state index >= 15 is 0 Å². The maximum atomic E-state index is 12.5. The van der Waals surface area contributed by atoms with Gasteiger partial charge in [0.25, 0.3) is 5.91 Å². The molecule has 4 nitrogen and oxygen atoms in total. The maximum absolute atomic E-state index is 12.5. The Morgan fingerprint density at radius 3 is 2.33 bits per heavy atom. The fraction of sp³-hybridized carbons (Fsp3) is 0.105. The number of benzene rings is 3. The fourth-order valence-corrected chi connectivity index (χ4v) is 2.50. The topological polar surface area (TPSA) is 58.6 Å². The monoisotopic (exact) mass is 330 g/mol. The van der Waals surface area contributed by atoms with Crippen LogP contribution >= 0.6 is 0 Å². The molecule has 0 aliphatic heterocycles. The van der Waals surface area contributed by atoms with Gasteiger partial charge < -0.3 is 15.2 Å². The van der Waals surface area contributed by atoms with Gasteiger partial charge in [0.05, 0.1) is 12.7 Å². The number of phenolic OH excluding ortho intramolecular Hbond substituents is 1. The van der Waals surface area contributed by atoms with E-state index in [2.05, 4.69) is 5.32 Å². The smallest absolute Gasteiger partial charge is 0.507 e. The molecule has 0 saturated heterocycles. The van der Waals surface area contributed by atoms with Gasteiger partial charge in [0.15, 0.2) is 0 Å². The molecule has 116 valence electrons. The molecule has 0 fully saturated rings. The molecule has 3 aromatic rings. The second-order valence-corrected chi connectivity index (χ2v) is 5.35. The first-order chi connectivity index (χ1) is 11.1. The molecule has 0 saturated carbocycles. The van der Waals surface area contributed by atoms with Crippen molar-refractivity contribution in [2.24, 2.45) is 0 Å². The Labute approximate surface area is 162 Å². The largest absolute Gasteiger partial charge is 1.00 e. The van der Waals surface area contributed by atoms with Crippen LogP contribution in [0, 0.1) is 6.92 Å². The number of methoxy groups -OCH3 is 1. The van der Waals surface area contributed by atoms with Crippen molar-refractivity contribution in [1.29, 1.82) is 0 Å². The van der Waals surface area contributed by atoms with Crippen LogP contribution in [0.25, 0.3) is 10.8 Å². The number of carbonyl (C=O) groups is 1. The van der Waals surface area contributed by atoms with Crippen molar-refractivity contribution in [3.63, 3.8) is 0 Å². The third kappa shape index (κ3) is 3.73. The summed E-state index contributed by atoms with van der Waals surface area (Å²) >= 11 is 0. The van der Waals surface area contributed by atoms with Crippen LogP contribution in [-0.2, 0) is 0 Å². The van der Waals surface area contributed by atoms with E-state index in [1.807, 2.05) is 37.3 Å². The van der Waals surface area contributed by atoms with Crippen LogP contribution in [0.3, 0.4) is 0 Å². The Kier molecular flexibility index (Phi) is 5.89. The average molecular weight is 330 g/mol. The van der Waals surface area contributed by atoms with Gasteiger partial charge in [0.1, 0.15) is 11.5 Å². The summed E-state index contributed by atoms with van der Waals surface area (Å²) in [6.07, 6.45) is 0. The van der Waals surface area contributed by atoms with Crippen molar-refractivity contribution >= 4 is 22.4 Å². The third-order valence-corrected chi connectivity index (χ3v) is 3.79. The summed E-state index contributed by atoms with van der Waals surface area (Å²) in [5.41, 5.74) is 1.82. The molecule has 0 heterocycles. The van der Waals surface area contributed by atoms with Crippen molar-refractivity contribution in [2.75, 3.05) is 12.4 Å². The minimum Gasteiger partial charge on any atom is -0.507 e. The summed E-state index contributed by atoms with van der Waals surface area (Å²) in [6, 6.07) is 16.3. The number of amides is 1. The second-order valence-electron chi connectivity index (χ2n) is 5.35. The van der Waals surface area contributed by atoms with E-state index in [0.29, 0.717) is 5.69 Å². The predicted molar refractivity (Wildman–Crippen MR) is 91.3 cm³/mol. The number of carbonyl (C=O) groups excluding carboxylic acids is 1. The van der Waals surface area contributed by atoms with Crippen molar-refractivity contribution in [2.45, 2.75) is 6.92 Å². The van der Waals surface area contributed by atoms with Gasteiger partial charge in [-0.15, -0.1) is 0 Å². The Morgan fingerprint density at radius 2 is 1.71 bits per heavy atom. The minimum absolute atomic E-state index is 0. The number of hydrogen-bond donors (Lipinski definition) is 2. The van der Waals surface area contributed by atoms with Crippen molar-refractivity contribution in [3.8, 4) is 11.5 Å². The number of ether oxygens (including phenoxy) is 1.